The second kappa shape index (κ2) is 8.59. The van der Waals surface area contributed by atoms with Gasteiger partial charge in [0.05, 0.1) is 0 Å². The van der Waals surface area contributed by atoms with Crippen LogP contribution in [0.1, 0.15) is 72.6 Å². The Morgan fingerprint density at radius 2 is 1.23 bits per heavy atom. The van der Waals surface area contributed by atoms with Gasteiger partial charge in [0.1, 0.15) is 0 Å². The molecular formula is C13H28. The number of rotatable bonds is 2. The highest BCUT2D eigenvalue weighted by Gasteiger charge is 2.15. The molecule has 0 amide bonds. The van der Waals surface area contributed by atoms with Crippen LogP contribution in [0.3, 0.4) is 0 Å². The van der Waals surface area contributed by atoms with Crippen molar-refractivity contribution in [2.45, 2.75) is 72.6 Å². The maximum atomic E-state index is 2.38. The monoisotopic (exact) mass is 184 g/mol. The summed E-state index contributed by atoms with van der Waals surface area (Å²) in [5.74, 6) is 2.01. The predicted octanol–water partition coefficient (Wildman–Crippen LogP) is 5.03. The third-order valence-electron chi connectivity index (χ3n) is 3.25. The van der Waals surface area contributed by atoms with E-state index < -0.39 is 0 Å². The highest BCUT2D eigenvalue weighted by molar-refractivity contribution is 4.67. The molecule has 0 heterocycles. The summed E-state index contributed by atoms with van der Waals surface area (Å²) < 4.78 is 0. The van der Waals surface area contributed by atoms with Crippen molar-refractivity contribution in [2.24, 2.45) is 11.8 Å². The fraction of sp³-hybridized carbons (Fsp3) is 1.00. The molecule has 0 N–H and O–H groups in total. The van der Waals surface area contributed by atoms with Crippen LogP contribution in [0.2, 0.25) is 0 Å². The van der Waals surface area contributed by atoms with Crippen LogP contribution in [0.25, 0.3) is 0 Å². The van der Waals surface area contributed by atoms with Crippen LogP contribution in [0, 0.1) is 11.8 Å². The van der Waals surface area contributed by atoms with Crippen molar-refractivity contribution < 1.29 is 0 Å². The van der Waals surface area contributed by atoms with Gasteiger partial charge in [-0.05, 0) is 11.8 Å². The molecule has 0 aliphatic heterocycles. The third kappa shape index (κ3) is 7.10. The van der Waals surface area contributed by atoms with E-state index in [9.17, 15) is 0 Å². The van der Waals surface area contributed by atoms with Gasteiger partial charge in [-0.1, -0.05) is 72.6 Å². The maximum Gasteiger partial charge on any atom is -0.0417 e. The van der Waals surface area contributed by atoms with Crippen molar-refractivity contribution in [3.63, 3.8) is 0 Å². The van der Waals surface area contributed by atoms with E-state index in [-0.39, 0.29) is 0 Å². The molecule has 1 fully saturated rings. The fourth-order valence-corrected chi connectivity index (χ4v) is 1.86. The van der Waals surface area contributed by atoms with Gasteiger partial charge in [-0.3, -0.25) is 0 Å². The summed E-state index contributed by atoms with van der Waals surface area (Å²) in [6, 6.07) is 0. The molecule has 0 bridgehead atoms. The Labute approximate surface area is 85.1 Å². The average Bonchev–Trinajstić information content (AvgIpc) is 2.13. The average molecular weight is 184 g/mol. The lowest BCUT2D eigenvalue weighted by atomic mass is 9.82. The van der Waals surface area contributed by atoms with Gasteiger partial charge < -0.3 is 0 Å². The van der Waals surface area contributed by atoms with Crippen LogP contribution in [0.15, 0.2) is 0 Å². The van der Waals surface area contributed by atoms with E-state index in [4.69, 9.17) is 0 Å². The summed E-state index contributed by atoms with van der Waals surface area (Å²) in [5.41, 5.74) is 0. The molecule has 0 spiro atoms. The Balaban J connectivity index is 0.000000252. The Bertz CT molecular complexity index is 84.2. The van der Waals surface area contributed by atoms with Crippen molar-refractivity contribution in [1.29, 1.82) is 0 Å². The SMILES string of the molecule is CC1CCCCC1C.CCCCC. The zero-order valence-electron chi connectivity index (χ0n) is 10.1. The standard InChI is InChI=1S/C8H16.C5H12/c1-7-5-3-4-6-8(7)2;1-3-5-4-2/h7-8H,3-6H2,1-2H3;3-5H2,1-2H3. The predicted molar refractivity (Wildman–Crippen MR) is 62.0 cm³/mol. The molecule has 1 saturated carbocycles. The van der Waals surface area contributed by atoms with Crippen LogP contribution in [0.4, 0.5) is 0 Å². The van der Waals surface area contributed by atoms with E-state index in [1.54, 1.807) is 0 Å². The quantitative estimate of drug-likeness (QED) is 0.564. The molecule has 0 heteroatoms. The summed E-state index contributed by atoms with van der Waals surface area (Å²) in [4.78, 5) is 0. The molecule has 1 aliphatic carbocycles. The number of unbranched alkanes of at least 4 members (excludes halogenated alkanes) is 2. The van der Waals surface area contributed by atoms with Crippen LogP contribution >= 0.6 is 0 Å². The molecule has 1 rings (SSSR count). The summed E-state index contributed by atoms with van der Waals surface area (Å²) in [6.45, 7) is 9.18. The lowest BCUT2D eigenvalue weighted by molar-refractivity contribution is 0.277. The number of hydrogen-bond acceptors (Lipinski definition) is 0. The van der Waals surface area contributed by atoms with E-state index >= 15 is 0 Å². The first-order valence-corrected chi connectivity index (χ1v) is 6.22. The molecule has 0 aromatic rings. The Kier molecular flexibility index (Phi) is 8.59. The summed E-state index contributed by atoms with van der Waals surface area (Å²) in [7, 11) is 0. The van der Waals surface area contributed by atoms with Gasteiger partial charge >= 0.3 is 0 Å². The summed E-state index contributed by atoms with van der Waals surface area (Å²) in [6.07, 6.45) is 9.98. The third-order valence-corrected chi connectivity index (χ3v) is 3.25. The van der Waals surface area contributed by atoms with Crippen LogP contribution in [0.5, 0.6) is 0 Å². The molecule has 0 radical (unpaired) electrons. The van der Waals surface area contributed by atoms with Gasteiger partial charge in [-0.2, -0.15) is 0 Å². The van der Waals surface area contributed by atoms with Gasteiger partial charge in [-0.25, -0.2) is 0 Å². The first-order chi connectivity index (χ1) is 6.22. The first-order valence-electron chi connectivity index (χ1n) is 6.22. The van der Waals surface area contributed by atoms with E-state index in [0.717, 1.165) is 11.8 Å². The largest absolute Gasteiger partial charge is 0.0654 e. The zero-order chi connectivity index (χ0) is 10.1. The minimum Gasteiger partial charge on any atom is -0.0654 e. The molecule has 0 aromatic heterocycles. The highest BCUT2D eigenvalue weighted by atomic mass is 14.2. The van der Waals surface area contributed by atoms with Crippen LogP contribution in [-0.4, -0.2) is 0 Å². The van der Waals surface area contributed by atoms with Crippen molar-refractivity contribution in [1.82, 2.24) is 0 Å². The molecule has 0 saturated heterocycles. The van der Waals surface area contributed by atoms with Crippen molar-refractivity contribution in [3.8, 4) is 0 Å². The van der Waals surface area contributed by atoms with Gasteiger partial charge in [-0.15, -0.1) is 0 Å². The van der Waals surface area contributed by atoms with Crippen molar-refractivity contribution in [3.05, 3.63) is 0 Å². The Morgan fingerprint density at radius 1 is 0.846 bits per heavy atom. The molecule has 2 atom stereocenters. The molecule has 0 nitrogen and oxygen atoms in total. The first kappa shape index (κ1) is 13.0. The molecule has 80 valence electrons. The van der Waals surface area contributed by atoms with Crippen LogP contribution < -0.4 is 0 Å². The normalized spacial score (nSPS) is 27.7. The maximum absolute atomic E-state index is 2.38. The van der Waals surface area contributed by atoms with E-state index in [2.05, 4.69) is 27.7 Å². The Hall–Kier alpha value is 0. The second-order valence-electron chi connectivity index (χ2n) is 4.59. The summed E-state index contributed by atoms with van der Waals surface area (Å²) >= 11 is 0. The molecular weight excluding hydrogens is 156 g/mol. The highest BCUT2D eigenvalue weighted by Crippen LogP contribution is 2.28. The van der Waals surface area contributed by atoms with Gasteiger partial charge in [0.15, 0.2) is 0 Å². The second-order valence-corrected chi connectivity index (χ2v) is 4.59. The minimum absolute atomic E-state index is 1.00. The minimum atomic E-state index is 1.00. The van der Waals surface area contributed by atoms with E-state index in [0.29, 0.717) is 0 Å². The van der Waals surface area contributed by atoms with E-state index in [1.165, 1.54) is 44.9 Å². The van der Waals surface area contributed by atoms with Crippen LogP contribution in [-0.2, 0) is 0 Å². The smallest absolute Gasteiger partial charge is 0.0417 e. The van der Waals surface area contributed by atoms with E-state index in [1.807, 2.05) is 0 Å². The molecule has 13 heavy (non-hydrogen) atoms. The topological polar surface area (TPSA) is 0 Å². The van der Waals surface area contributed by atoms with Crippen molar-refractivity contribution >= 4 is 0 Å². The molecule has 1 aliphatic rings. The molecule has 2 unspecified atom stereocenters. The van der Waals surface area contributed by atoms with Gasteiger partial charge in [0.25, 0.3) is 0 Å². The van der Waals surface area contributed by atoms with Gasteiger partial charge in [0, 0.05) is 0 Å². The Morgan fingerprint density at radius 3 is 1.38 bits per heavy atom. The van der Waals surface area contributed by atoms with Gasteiger partial charge in [0.2, 0.25) is 0 Å². The lowest BCUT2D eigenvalue weighted by Gasteiger charge is -2.24. The molecule has 0 aromatic carbocycles. The number of hydrogen-bond donors (Lipinski definition) is 0. The lowest BCUT2D eigenvalue weighted by Crippen LogP contribution is -2.12. The zero-order valence-corrected chi connectivity index (χ0v) is 10.1. The van der Waals surface area contributed by atoms with Crippen molar-refractivity contribution in [2.75, 3.05) is 0 Å². The fourth-order valence-electron chi connectivity index (χ4n) is 1.86. The summed E-state index contributed by atoms with van der Waals surface area (Å²) in [5, 5.41) is 0.